The average Bonchev–Trinajstić information content (AvgIpc) is 2.41. The van der Waals surface area contributed by atoms with Crippen LogP contribution < -0.4 is 11.1 Å². The quantitative estimate of drug-likeness (QED) is 0.813. The van der Waals surface area contributed by atoms with E-state index in [-0.39, 0.29) is 5.91 Å². The molecule has 0 unspecified atom stereocenters. The maximum absolute atomic E-state index is 12.3. The number of aryl methyl sites for hydroxylation is 1. The average molecular weight is 248 g/mol. The molecule has 0 radical (unpaired) electrons. The summed E-state index contributed by atoms with van der Waals surface area (Å²) in [4.78, 5) is 12.3. The van der Waals surface area contributed by atoms with Crippen LogP contribution in [0.4, 0.5) is 5.69 Å². The van der Waals surface area contributed by atoms with Crippen LogP contribution in [0.2, 0.25) is 0 Å². The van der Waals surface area contributed by atoms with Crippen molar-refractivity contribution in [1.82, 2.24) is 0 Å². The van der Waals surface area contributed by atoms with Crippen LogP contribution >= 0.6 is 0 Å². The first kappa shape index (κ1) is 14.7. The van der Waals surface area contributed by atoms with Gasteiger partial charge in [-0.15, -0.1) is 0 Å². The van der Waals surface area contributed by atoms with Crippen molar-refractivity contribution in [1.29, 1.82) is 0 Å². The molecule has 0 aliphatic carbocycles. The third kappa shape index (κ3) is 3.10. The van der Waals surface area contributed by atoms with Gasteiger partial charge >= 0.3 is 0 Å². The van der Waals surface area contributed by atoms with E-state index in [0.29, 0.717) is 6.54 Å². The van der Waals surface area contributed by atoms with Gasteiger partial charge in [-0.3, -0.25) is 4.79 Å². The van der Waals surface area contributed by atoms with Crippen LogP contribution in [0.1, 0.15) is 39.2 Å². The van der Waals surface area contributed by atoms with Gasteiger partial charge in [0.2, 0.25) is 5.91 Å². The minimum Gasteiger partial charge on any atom is -0.329 e. The van der Waals surface area contributed by atoms with E-state index in [4.69, 9.17) is 5.73 Å². The minimum absolute atomic E-state index is 0.0308. The van der Waals surface area contributed by atoms with Crippen LogP contribution in [0.5, 0.6) is 0 Å². The van der Waals surface area contributed by atoms with E-state index in [1.807, 2.05) is 32.0 Å². The number of rotatable bonds is 6. The van der Waals surface area contributed by atoms with E-state index >= 15 is 0 Å². The van der Waals surface area contributed by atoms with Gasteiger partial charge in [-0.2, -0.15) is 0 Å². The summed E-state index contributed by atoms with van der Waals surface area (Å²) in [6, 6.07) is 7.97. The molecule has 3 nitrogen and oxygen atoms in total. The van der Waals surface area contributed by atoms with Crippen molar-refractivity contribution in [2.24, 2.45) is 11.1 Å². The van der Waals surface area contributed by atoms with Crippen LogP contribution in [0.15, 0.2) is 24.3 Å². The molecule has 0 saturated carbocycles. The monoisotopic (exact) mass is 248 g/mol. The van der Waals surface area contributed by atoms with Crippen molar-refractivity contribution < 1.29 is 4.79 Å². The zero-order valence-corrected chi connectivity index (χ0v) is 11.6. The summed E-state index contributed by atoms with van der Waals surface area (Å²) in [5, 5.41) is 2.99. The second-order valence-corrected chi connectivity index (χ2v) is 4.70. The Labute approximate surface area is 110 Å². The van der Waals surface area contributed by atoms with Gasteiger partial charge in [-0.1, -0.05) is 32.9 Å². The second-order valence-electron chi connectivity index (χ2n) is 4.70. The first-order chi connectivity index (χ1) is 8.61. The third-order valence-electron chi connectivity index (χ3n) is 3.82. The van der Waals surface area contributed by atoms with Crippen molar-refractivity contribution in [2.45, 2.75) is 40.0 Å². The molecule has 18 heavy (non-hydrogen) atoms. The highest BCUT2D eigenvalue weighted by Crippen LogP contribution is 2.27. The Morgan fingerprint density at radius 2 is 1.94 bits per heavy atom. The van der Waals surface area contributed by atoms with E-state index in [2.05, 4.69) is 18.3 Å². The fourth-order valence-electron chi connectivity index (χ4n) is 2.09. The predicted molar refractivity (Wildman–Crippen MR) is 76.5 cm³/mol. The topological polar surface area (TPSA) is 55.1 Å². The largest absolute Gasteiger partial charge is 0.329 e. The molecular formula is C15H24N2O. The van der Waals surface area contributed by atoms with Crippen molar-refractivity contribution in [3.05, 3.63) is 29.8 Å². The lowest BCUT2D eigenvalue weighted by molar-refractivity contribution is -0.125. The molecule has 0 saturated heterocycles. The fraction of sp³-hybridized carbons (Fsp3) is 0.533. The molecule has 3 N–H and O–H groups in total. The first-order valence-corrected chi connectivity index (χ1v) is 6.72. The molecule has 0 aromatic heterocycles. The van der Waals surface area contributed by atoms with Crippen LogP contribution in [0, 0.1) is 5.41 Å². The molecular weight excluding hydrogens is 224 g/mol. The number of anilines is 1. The number of nitrogens with one attached hydrogen (secondary N) is 1. The Morgan fingerprint density at radius 3 is 2.44 bits per heavy atom. The Kier molecular flexibility index (Phi) is 5.35. The Morgan fingerprint density at radius 1 is 1.28 bits per heavy atom. The van der Waals surface area contributed by atoms with Crippen LogP contribution in [0.25, 0.3) is 0 Å². The van der Waals surface area contributed by atoms with Crippen molar-refractivity contribution in [2.75, 3.05) is 11.9 Å². The highest BCUT2D eigenvalue weighted by atomic mass is 16.2. The highest BCUT2D eigenvalue weighted by Gasteiger charge is 2.33. The van der Waals surface area contributed by atoms with Gasteiger partial charge in [-0.05, 0) is 37.0 Å². The predicted octanol–water partition coefficient (Wildman–Crippen LogP) is 2.95. The van der Waals surface area contributed by atoms with Crippen LogP contribution in [-0.4, -0.2) is 12.5 Å². The van der Waals surface area contributed by atoms with Gasteiger partial charge in [0.15, 0.2) is 0 Å². The molecule has 0 fully saturated rings. The standard InChI is InChI=1S/C15H24N2O/c1-4-12-8-7-9-13(10-12)17-14(18)15(5-2,6-3)11-16/h7-10H,4-6,11,16H2,1-3H3,(H,17,18). The van der Waals surface area contributed by atoms with E-state index < -0.39 is 5.41 Å². The summed E-state index contributed by atoms with van der Waals surface area (Å²) < 4.78 is 0. The van der Waals surface area contributed by atoms with E-state index in [1.165, 1.54) is 5.56 Å². The number of carbonyl (C=O) groups is 1. The molecule has 0 spiro atoms. The fourth-order valence-corrected chi connectivity index (χ4v) is 2.09. The summed E-state index contributed by atoms with van der Waals surface area (Å²) in [5.74, 6) is 0.0308. The summed E-state index contributed by atoms with van der Waals surface area (Å²) in [5.41, 5.74) is 7.42. The molecule has 1 aromatic rings. The molecule has 0 bridgehead atoms. The third-order valence-corrected chi connectivity index (χ3v) is 3.82. The second kappa shape index (κ2) is 6.55. The maximum Gasteiger partial charge on any atom is 0.231 e. The van der Waals surface area contributed by atoms with Crippen LogP contribution in [-0.2, 0) is 11.2 Å². The van der Waals surface area contributed by atoms with Crippen molar-refractivity contribution >= 4 is 11.6 Å². The molecule has 1 rings (SSSR count). The highest BCUT2D eigenvalue weighted by molar-refractivity contribution is 5.95. The number of hydrogen-bond acceptors (Lipinski definition) is 2. The van der Waals surface area contributed by atoms with Gasteiger partial charge in [0.1, 0.15) is 0 Å². The van der Waals surface area contributed by atoms with E-state index in [9.17, 15) is 4.79 Å². The lowest BCUT2D eigenvalue weighted by Crippen LogP contribution is -2.41. The van der Waals surface area contributed by atoms with E-state index in [0.717, 1.165) is 24.9 Å². The van der Waals surface area contributed by atoms with Gasteiger partial charge in [0, 0.05) is 12.2 Å². The molecule has 0 aliphatic heterocycles. The van der Waals surface area contributed by atoms with Crippen molar-refractivity contribution in [3.8, 4) is 0 Å². The SMILES string of the molecule is CCc1cccc(NC(=O)C(CC)(CC)CN)c1. The van der Waals surface area contributed by atoms with E-state index in [1.54, 1.807) is 0 Å². The van der Waals surface area contributed by atoms with Crippen LogP contribution in [0.3, 0.4) is 0 Å². The number of benzene rings is 1. The molecule has 0 atom stereocenters. The molecule has 1 amide bonds. The maximum atomic E-state index is 12.3. The minimum atomic E-state index is -0.442. The molecule has 0 heterocycles. The lowest BCUT2D eigenvalue weighted by Gasteiger charge is -2.28. The Balaban J connectivity index is 2.85. The summed E-state index contributed by atoms with van der Waals surface area (Å²) >= 11 is 0. The number of nitrogens with two attached hydrogens (primary N) is 1. The number of amides is 1. The Bertz CT molecular complexity index is 389. The zero-order chi connectivity index (χ0) is 13.6. The first-order valence-electron chi connectivity index (χ1n) is 6.72. The normalized spacial score (nSPS) is 11.3. The van der Waals surface area contributed by atoms with Gasteiger partial charge in [-0.25, -0.2) is 0 Å². The van der Waals surface area contributed by atoms with Crippen molar-refractivity contribution in [3.63, 3.8) is 0 Å². The van der Waals surface area contributed by atoms with Gasteiger partial charge < -0.3 is 11.1 Å². The number of carbonyl (C=O) groups excluding carboxylic acids is 1. The lowest BCUT2D eigenvalue weighted by atomic mass is 9.81. The summed E-state index contributed by atoms with van der Waals surface area (Å²) in [7, 11) is 0. The Hall–Kier alpha value is -1.35. The van der Waals surface area contributed by atoms with Gasteiger partial charge in [0.25, 0.3) is 0 Å². The molecule has 1 aromatic carbocycles. The zero-order valence-electron chi connectivity index (χ0n) is 11.6. The molecule has 100 valence electrons. The summed E-state index contributed by atoms with van der Waals surface area (Å²) in [6.45, 7) is 6.51. The number of hydrogen-bond donors (Lipinski definition) is 2. The molecule has 0 aliphatic rings. The smallest absolute Gasteiger partial charge is 0.231 e. The van der Waals surface area contributed by atoms with Gasteiger partial charge in [0.05, 0.1) is 5.41 Å². The summed E-state index contributed by atoms with van der Waals surface area (Å²) in [6.07, 6.45) is 2.49. The molecule has 3 heteroatoms.